The Labute approximate surface area is 110 Å². The quantitative estimate of drug-likeness (QED) is 0.832. The molecule has 1 aromatic rings. The molecule has 0 bridgehead atoms. The maximum absolute atomic E-state index is 6.10. The Balaban J connectivity index is 2.44. The van der Waals surface area contributed by atoms with Gasteiger partial charge in [-0.15, -0.1) is 5.10 Å². The smallest absolute Gasteiger partial charge is 0.126 e. The van der Waals surface area contributed by atoms with Gasteiger partial charge < -0.3 is 5.73 Å². The van der Waals surface area contributed by atoms with Crippen LogP contribution in [0.5, 0.6) is 0 Å². The molecule has 0 spiro atoms. The Morgan fingerprint density at radius 2 is 1.88 bits per heavy atom. The van der Waals surface area contributed by atoms with E-state index in [1.165, 1.54) is 0 Å². The zero-order valence-corrected chi connectivity index (χ0v) is 10.8. The third-order valence-electron chi connectivity index (χ3n) is 2.48. The molecular formula is C12H11Cl2N3. The molecule has 0 unspecified atom stereocenters. The second-order valence-corrected chi connectivity index (χ2v) is 4.57. The van der Waals surface area contributed by atoms with Crippen LogP contribution in [0.1, 0.15) is 18.9 Å². The Kier molecular flexibility index (Phi) is 3.50. The molecule has 88 valence electrons. The number of rotatable bonds is 1. The first kappa shape index (κ1) is 12.1. The molecule has 0 fully saturated rings. The highest BCUT2D eigenvalue weighted by Gasteiger charge is 2.12. The summed E-state index contributed by atoms with van der Waals surface area (Å²) in [5, 5.41) is 9.02. The Hall–Kier alpha value is -1.32. The van der Waals surface area contributed by atoms with E-state index in [9.17, 15) is 0 Å². The molecule has 0 amide bonds. The fraction of sp³-hybridized carbons (Fsp3) is 0.167. The minimum atomic E-state index is 0.491. The first-order valence-corrected chi connectivity index (χ1v) is 5.85. The SMILES string of the molecule is CC1=NN=C(N)C/C1=C\c1c(Cl)cccc1Cl. The standard InChI is InChI=1S/C12H11Cl2N3/c1-7-8(6-12(15)17-16-7)5-9-10(13)3-2-4-11(9)14/h2-5H,6H2,1H3,(H2,15,17)/b8-5+. The topological polar surface area (TPSA) is 50.7 Å². The van der Waals surface area contributed by atoms with Crippen LogP contribution in [0.15, 0.2) is 34.0 Å². The minimum absolute atomic E-state index is 0.491. The van der Waals surface area contributed by atoms with Gasteiger partial charge in [0.15, 0.2) is 0 Å². The number of halogens is 2. The molecule has 1 aromatic carbocycles. The lowest BCUT2D eigenvalue weighted by molar-refractivity contribution is 1.13. The molecule has 0 saturated heterocycles. The fourth-order valence-corrected chi connectivity index (χ4v) is 2.05. The first-order valence-electron chi connectivity index (χ1n) is 5.09. The van der Waals surface area contributed by atoms with Crippen LogP contribution in [-0.4, -0.2) is 11.5 Å². The van der Waals surface area contributed by atoms with Crippen LogP contribution < -0.4 is 5.73 Å². The van der Waals surface area contributed by atoms with Crippen LogP contribution in [0.2, 0.25) is 10.0 Å². The summed E-state index contributed by atoms with van der Waals surface area (Å²) in [6.07, 6.45) is 2.47. The molecule has 0 aliphatic carbocycles. The summed E-state index contributed by atoms with van der Waals surface area (Å²) < 4.78 is 0. The first-order chi connectivity index (χ1) is 8.08. The average Bonchev–Trinajstić information content (AvgIpc) is 2.28. The molecule has 1 aliphatic heterocycles. The molecule has 17 heavy (non-hydrogen) atoms. The van der Waals surface area contributed by atoms with Crippen LogP contribution in [-0.2, 0) is 0 Å². The summed E-state index contributed by atoms with van der Waals surface area (Å²) in [5.41, 5.74) is 8.25. The summed E-state index contributed by atoms with van der Waals surface area (Å²) in [4.78, 5) is 0. The van der Waals surface area contributed by atoms with E-state index in [1.807, 2.05) is 19.1 Å². The molecule has 0 aromatic heterocycles. The van der Waals surface area contributed by atoms with Gasteiger partial charge in [0.05, 0.1) is 5.71 Å². The molecule has 1 aliphatic rings. The van der Waals surface area contributed by atoms with E-state index in [2.05, 4.69) is 10.2 Å². The maximum atomic E-state index is 6.10. The Bertz CT molecular complexity index is 524. The van der Waals surface area contributed by atoms with Crippen molar-refractivity contribution in [2.24, 2.45) is 15.9 Å². The number of amidine groups is 1. The summed E-state index contributed by atoms with van der Waals surface area (Å²) in [7, 11) is 0. The van der Waals surface area contributed by atoms with Crippen LogP contribution >= 0.6 is 23.2 Å². The average molecular weight is 268 g/mol. The predicted octanol–water partition coefficient (Wildman–Crippen LogP) is 3.51. The molecule has 0 atom stereocenters. The second-order valence-electron chi connectivity index (χ2n) is 3.76. The number of nitrogens with two attached hydrogens (primary N) is 1. The molecule has 2 rings (SSSR count). The minimum Gasteiger partial charge on any atom is -0.385 e. The molecule has 0 saturated carbocycles. The van der Waals surface area contributed by atoms with E-state index >= 15 is 0 Å². The van der Waals surface area contributed by atoms with Crippen molar-refractivity contribution in [3.63, 3.8) is 0 Å². The van der Waals surface area contributed by atoms with Gasteiger partial charge in [0.2, 0.25) is 0 Å². The third-order valence-corrected chi connectivity index (χ3v) is 3.14. The van der Waals surface area contributed by atoms with Gasteiger partial charge in [-0.1, -0.05) is 29.3 Å². The van der Waals surface area contributed by atoms with Gasteiger partial charge in [-0.2, -0.15) is 5.10 Å². The van der Waals surface area contributed by atoms with Crippen molar-refractivity contribution in [3.05, 3.63) is 39.4 Å². The molecule has 2 N–H and O–H groups in total. The third kappa shape index (κ3) is 2.68. The van der Waals surface area contributed by atoms with Crippen molar-refractivity contribution in [3.8, 4) is 0 Å². The summed E-state index contributed by atoms with van der Waals surface area (Å²) in [6, 6.07) is 5.41. The molecular weight excluding hydrogens is 257 g/mol. The lowest BCUT2D eigenvalue weighted by Gasteiger charge is -2.11. The van der Waals surface area contributed by atoms with E-state index in [-0.39, 0.29) is 0 Å². The van der Waals surface area contributed by atoms with Gasteiger partial charge in [-0.3, -0.25) is 0 Å². The molecule has 1 heterocycles. The normalized spacial score (nSPS) is 17.9. The van der Waals surface area contributed by atoms with Crippen molar-refractivity contribution >= 4 is 40.8 Å². The Morgan fingerprint density at radius 3 is 2.53 bits per heavy atom. The molecule has 0 radical (unpaired) electrons. The number of nitrogens with zero attached hydrogens (tertiary/aromatic N) is 2. The highest BCUT2D eigenvalue weighted by atomic mass is 35.5. The van der Waals surface area contributed by atoms with E-state index in [1.54, 1.807) is 12.1 Å². The predicted molar refractivity (Wildman–Crippen MR) is 73.8 cm³/mol. The monoisotopic (exact) mass is 267 g/mol. The van der Waals surface area contributed by atoms with Gasteiger partial charge in [0.1, 0.15) is 5.84 Å². The van der Waals surface area contributed by atoms with Crippen LogP contribution in [0, 0.1) is 0 Å². The summed E-state index contributed by atoms with van der Waals surface area (Å²) in [5.74, 6) is 0.491. The van der Waals surface area contributed by atoms with Crippen LogP contribution in [0.25, 0.3) is 6.08 Å². The van der Waals surface area contributed by atoms with E-state index in [4.69, 9.17) is 28.9 Å². The zero-order valence-electron chi connectivity index (χ0n) is 9.24. The van der Waals surface area contributed by atoms with Crippen molar-refractivity contribution in [1.29, 1.82) is 0 Å². The van der Waals surface area contributed by atoms with Crippen molar-refractivity contribution in [2.75, 3.05) is 0 Å². The molecule has 3 nitrogen and oxygen atoms in total. The van der Waals surface area contributed by atoms with E-state index < -0.39 is 0 Å². The highest BCUT2D eigenvalue weighted by molar-refractivity contribution is 6.37. The summed E-state index contributed by atoms with van der Waals surface area (Å²) >= 11 is 12.2. The zero-order chi connectivity index (χ0) is 12.4. The van der Waals surface area contributed by atoms with Crippen molar-refractivity contribution in [2.45, 2.75) is 13.3 Å². The van der Waals surface area contributed by atoms with Gasteiger partial charge in [0.25, 0.3) is 0 Å². The summed E-state index contributed by atoms with van der Waals surface area (Å²) in [6.45, 7) is 1.88. The number of hydrogen-bond acceptors (Lipinski definition) is 3. The lowest BCUT2D eigenvalue weighted by Crippen LogP contribution is -2.18. The van der Waals surface area contributed by atoms with E-state index in [0.29, 0.717) is 22.3 Å². The highest BCUT2D eigenvalue weighted by Crippen LogP contribution is 2.28. The van der Waals surface area contributed by atoms with E-state index in [0.717, 1.165) is 16.8 Å². The van der Waals surface area contributed by atoms with Crippen molar-refractivity contribution < 1.29 is 0 Å². The number of hydrogen-bond donors (Lipinski definition) is 1. The largest absolute Gasteiger partial charge is 0.385 e. The van der Waals surface area contributed by atoms with Gasteiger partial charge in [-0.25, -0.2) is 0 Å². The molecule has 5 heteroatoms. The number of benzene rings is 1. The van der Waals surface area contributed by atoms with Gasteiger partial charge in [0, 0.05) is 22.0 Å². The van der Waals surface area contributed by atoms with Gasteiger partial charge in [-0.05, 0) is 30.7 Å². The van der Waals surface area contributed by atoms with Crippen LogP contribution in [0.4, 0.5) is 0 Å². The fourth-order valence-electron chi connectivity index (χ4n) is 1.54. The van der Waals surface area contributed by atoms with Gasteiger partial charge >= 0.3 is 0 Å². The van der Waals surface area contributed by atoms with Crippen molar-refractivity contribution in [1.82, 2.24) is 0 Å². The van der Waals surface area contributed by atoms with Crippen LogP contribution in [0.3, 0.4) is 0 Å². The maximum Gasteiger partial charge on any atom is 0.126 e. The second kappa shape index (κ2) is 4.90. The lowest BCUT2D eigenvalue weighted by atomic mass is 10.0. The Morgan fingerprint density at radius 1 is 1.24 bits per heavy atom.